The minimum Gasteiger partial charge on any atom is -0.326 e. The van der Waals surface area contributed by atoms with Crippen molar-refractivity contribution in [3.8, 4) is 0 Å². The van der Waals surface area contributed by atoms with Gasteiger partial charge in [-0.05, 0) is 54.3 Å². The Morgan fingerprint density at radius 1 is 1.28 bits per heavy atom. The number of nitrogens with two attached hydrogens (primary N) is 1. The van der Waals surface area contributed by atoms with Gasteiger partial charge in [0, 0.05) is 20.8 Å². The summed E-state index contributed by atoms with van der Waals surface area (Å²) in [6, 6.07) is 2.81. The second-order valence-electron chi connectivity index (χ2n) is 4.72. The highest BCUT2D eigenvalue weighted by Crippen LogP contribution is 2.32. The maximum atomic E-state index is 6.37. The molecule has 1 rings (SSSR count). The molecule has 0 saturated carbocycles. The Morgan fingerprint density at radius 2 is 1.89 bits per heavy atom. The quantitative estimate of drug-likeness (QED) is 0.763. The molecule has 1 aromatic heterocycles. The first-order chi connectivity index (χ1) is 8.63. The summed E-state index contributed by atoms with van der Waals surface area (Å²) in [7, 11) is 0. The lowest BCUT2D eigenvalue weighted by Crippen LogP contribution is -2.41. The third-order valence-corrected chi connectivity index (χ3v) is 4.94. The van der Waals surface area contributed by atoms with Gasteiger partial charge in [-0.25, -0.2) is 0 Å². The molecule has 2 nitrogen and oxygen atoms in total. The molecule has 104 valence electrons. The van der Waals surface area contributed by atoms with Crippen LogP contribution in [0.5, 0.6) is 0 Å². The van der Waals surface area contributed by atoms with Crippen LogP contribution in [0.25, 0.3) is 0 Å². The summed E-state index contributed by atoms with van der Waals surface area (Å²) in [4.78, 5) is 3.94. The van der Waals surface area contributed by atoms with Crippen molar-refractivity contribution in [2.45, 2.75) is 52.1 Å². The van der Waals surface area contributed by atoms with E-state index in [0.717, 1.165) is 19.5 Å². The summed E-state index contributed by atoms with van der Waals surface area (Å²) in [6.07, 6.45) is 3.38. The van der Waals surface area contributed by atoms with Gasteiger partial charge in [0.1, 0.15) is 0 Å². The van der Waals surface area contributed by atoms with Crippen LogP contribution in [-0.4, -0.2) is 24.0 Å². The zero-order valence-corrected chi connectivity index (χ0v) is 14.1. The third-order valence-electron chi connectivity index (χ3n) is 3.17. The molecule has 0 aliphatic rings. The van der Waals surface area contributed by atoms with Crippen molar-refractivity contribution in [1.29, 1.82) is 0 Å². The van der Waals surface area contributed by atoms with Gasteiger partial charge in [0.05, 0.1) is 6.04 Å². The van der Waals surface area contributed by atoms with E-state index in [1.54, 1.807) is 0 Å². The van der Waals surface area contributed by atoms with Crippen LogP contribution in [0, 0.1) is 0 Å². The van der Waals surface area contributed by atoms with Crippen molar-refractivity contribution >= 4 is 27.3 Å². The molecule has 1 heterocycles. The number of hydrogen-bond acceptors (Lipinski definition) is 3. The summed E-state index contributed by atoms with van der Waals surface area (Å²) in [5.41, 5.74) is 6.37. The van der Waals surface area contributed by atoms with E-state index >= 15 is 0 Å². The highest BCUT2D eigenvalue weighted by Gasteiger charge is 2.25. The van der Waals surface area contributed by atoms with Crippen LogP contribution in [0.2, 0.25) is 0 Å². The Morgan fingerprint density at radius 3 is 2.28 bits per heavy atom. The van der Waals surface area contributed by atoms with Crippen molar-refractivity contribution in [1.82, 2.24) is 4.90 Å². The highest BCUT2D eigenvalue weighted by molar-refractivity contribution is 9.10. The van der Waals surface area contributed by atoms with E-state index in [1.165, 1.54) is 22.2 Å². The Hall–Kier alpha value is 0.1000. The molecule has 0 fully saturated rings. The van der Waals surface area contributed by atoms with Crippen molar-refractivity contribution in [3.63, 3.8) is 0 Å². The van der Waals surface area contributed by atoms with Crippen LogP contribution in [0.1, 0.15) is 51.0 Å². The maximum Gasteiger partial charge on any atom is 0.0593 e. The van der Waals surface area contributed by atoms with Crippen LogP contribution < -0.4 is 5.73 Å². The first kappa shape index (κ1) is 16.2. The Kier molecular flexibility index (Phi) is 7.46. The molecule has 2 N–H and O–H groups in total. The molecule has 0 amide bonds. The van der Waals surface area contributed by atoms with Crippen molar-refractivity contribution in [2.24, 2.45) is 5.73 Å². The molecular weight excluding hydrogens is 308 g/mol. The molecule has 2 atom stereocenters. The Balaban J connectivity index is 2.94. The first-order valence-corrected chi connectivity index (χ1v) is 8.54. The Bertz CT molecular complexity index is 334. The fourth-order valence-electron chi connectivity index (χ4n) is 2.33. The molecule has 0 spiro atoms. The van der Waals surface area contributed by atoms with Gasteiger partial charge < -0.3 is 5.73 Å². The van der Waals surface area contributed by atoms with Gasteiger partial charge in [0.2, 0.25) is 0 Å². The largest absolute Gasteiger partial charge is 0.326 e. The first-order valence-electron chi connectivity index (χ1n) is 6.87. The van der Waals surface area contributed by atoms with E-state index in [1.807, 2.05) is 11.3 Å². The van der Waals surface area contributed by atoms with E-state index in [4.69, 9.17) is 5.73 Å². The summed E-state index contributed by atoms with van der Waals surface area (Å²) in [6.45, 7) is 8.91. The van der Waals surface area contributed by atoms with Gasteiger partial charge in [-0.2, -0.15) is 0 Å². The van der Waals surface area contributed by atoms with Crippen molar-refractivity contribution in [2.75, 3.05) is 13.1 Å². The summed E-state index contributed by atoms with van der Waals surface area (Å²) in [5.74, 6) is 0. The van der Waals surface area contributed by atoms with E-state index in [2.05, 4.69) is 53.0 Å². The van der Waals surface area contributed by atoms with Crippen LogP contribution >= 0.6 is 27.3 Å². The van der Waals surface area contributed by atoms with Gasteiger partial charge in [-0.3, -0.25) is 4.90 Å². The zero-order valence-electron chi connectivity index (χ0n) is 11.7. The average molecular weight is 333 g/mol. The van der Waals surface area contributed by atoms with Crippen molar-refractivity contribution < 1.29 is 0 Å². The minimum atomic E-state index is 0.216. The topological polar surface area (TPSA) is 29.3 Å². The van der Waals surface area contributed by atoms with Gasteiger partial charge in [0.15, 0.2) is 0 Å². The molecule has 4 heteroatoms. The molecule has 2 unspecified atom stereocenters. The smallest absolute Gasteiger partial charge is 0.0593 e. The van der Waals surface area contributed by atoms with Gasteiger partial charge in [-0.1, -0.05) is 20.8 Å². The fourth-order valence-corrected chi connectivity index (χ4v) is 3.99. The summed E-state index contributed by atoms with van der Waals surface area (Å²) in [5, 5.41) is 2.15. The lowest BCUT2D eigenvalue weighted by Gasteiger charge is -2.34. The number of hydrogen-bond donors (Lipinski definition) is 1. The normalized spacial score (nSPS) is 15.0. The number of nitrogens with zero attached hydrogens (tertiary/aromatic N) is 1. The second kappa shape index (κ2) is 8.31. The predicted molar refractivity (Wildman–Crippen MR) is 85.2 cm³/mol. The SMILES string of the molecule is CCCN(CCC)C(c1cc(Br)cs1)C(N)CC. The molecular formula is C14H25BrN2S. The molecule has 1 aromatic rings. The fraction of sp³-hybridized carbons (Fsp3) is 0.714. The molecule has 0 bridgehead atoms. The predicted octanol–water partition coefficient (Wildman–Crippen LogP) is 4.41. The van der Waals surface area contributed by atoms with Gasteiger partial charge >= 0.3 is 0 Å². The average Bonchev–Trinajstić information content (AvgIpc) is 2.76. The van der Waals surface area contributed by atoms with Crippen molar-refractivity contribution in [3.05, 3.63) is 20.8 Å². The van der Waals surface area contributed by atoms with E-state index in [0.29, 0.717) is 6.04 Å². The molecule has 0 aliphatic carbocycles. The van der Waals surface area contributed by atoms with Crippen LogP contribution in [-0.2, 0) is 0 Å². The van der Waals surface area contributed by atoms with Crippen LogP contribution in [0.3, 0.4) is 0 Å². The second-order valence-corrected chi connectivity index (χ2v) is 6.58. The molecule has 0 radical (unpaired) electrons. The standard InChI is InChI=1S/C14H25BrN2S/c1-4-7-17(8-5-2)14(12(16)6-3)13-9-11(15)10-18-13/h9-10,12,14H,4-8,16H2,1-3H3. The Labute approximate surface area is 124 Å². The summed E-state index contributed by atoms with van der Waals surface area (Å²) >= 11 is 5.36. The molecule has 0 aliphatic heterocycles. The lowest BCUT2D eigenvalue weighted by molar-refractivity contribution is 0.172. The monoisotopic (exact) mass is 332 g/mol. The maximum absolute atomic E-state index is 6.37. The van der Waals surface area contributed by atoms with Gasteiger partial charge in [-0.15, -0.1) is 11.3 Å². The van der Waals surface area contributed by atoms with Crippen LogP contribution in [0.4, 0.5) is 0 Å². The van der Waals surface area contributed by atoms with Crippen LogP contribution in [0.15, 0.2) is 15.9 Å². The zero-order chi connectivity index (χ0) is 13.5. The van der Waals surface area contributed by atoms with E-state index in [9.17, 15) is 0 Å². The third kappa shape index (κ3) is 4.34. The van der Waals surface area contributed by atoms with E-state index in [-0.39, 0.29) is 6.04 Å². The number of thiophene rings is 1. The molecule has 18 heavy (non-hydrogen) atoms. The molecule has 0 aromatic carbocycles. The number of rotatable bonds is 8. The number of halogens is 1. The highest BCUT2D eigenvalue weighted by atomic mass is 79.9. The van der Waals surface area contributed by atoms with E-state index < -0.39 is 0 Å². The summed E-state index contributed by atoms with van der Waals surface area (Å²) < 4.78 is 1.17. The minimum absolute atomic E-state index is 0.216. The van der Waals surface area contributed by atoms with Gasteiger partial charge in [0.25, 0.3) is 0 Å². The lowest BCUT2D eigenvalue weighted by atomic mass is 10.0. The molecule has 0 saturated heterocycles.